The molecule has 0 bridgehead atoms. The summed E-state index contributed by atoms with van der Waals surface area (Å²) in [4.78, 5) is 0. The zero-order valence-corrected chi connectivity index (χ0v) is 9.09. The molecule has 1 heterocycles. The van der Waals surface area contributed by atoms with E-state index in [-0.39, 0.29) is 0 Å². The molecule has 0 radical (unpaired) electrons. The topological polar surface area (TPSA) is 35.8 Å². The maximum atomic E-state index is 9.35. The SMILES string of the molecule is Cc1ccc(C2(C#N)CCCCN2)cc1. The number of rotatable bonds is 1. The van der Waals surface area contributed by atoms with Crippen molar-refractivity contribution in [2.45, 2.75) is 31.7 Å². The molecule has 1 saturated heterocycles. The van der Waals surface area contributed by atoms with Gasteiger partial charge in [-0.3, -0.25) is 5.32 Å². The van der Waals surface area contributed by atoms with Gasteiger partial charge < -0.3 is 0 Å². The molecule has 2 rings (SSSR count). The fourth-order valence-electron chi connectivity index (χ4n) is 2.15. The van der Waals surface area contributed by atoms with Gasteiger partial charge in [-0.15, -0.1) is 0 Å². The molecule has 1 atom stereocenters. The first-order valence-electron chi connectivity index (χ1n) is 5.50. The predicted octanol–water partition coefficient (Wildman–Crippen LogP) is 2.49. The number of nitriles is 1. The third-order valence-electron chi connectivity index (χ3n) is 3.14. The Balaban J connectivity index is 2.33. The Bertz CT molecular complexity index is 367. The molecule has 0 saturated carbocycles. The van der Waals surface area contributed by atoms with Crippen molar-refractivity contribution in [3.63, 3.8) is 0 Å². The van der Waals surface area contributed by atoms with Gasteiger partial charge >= 0.3 is 0 Å². The van der Waals surface area contributed by atoms with Crippen molar-refractivity contribution < 1.29 is 0 Å². The highest BCUT2D eigenvalue weighted by molar-refractivity contribution is 5.33. The highest BCUT2D eigenvalue weighted by Gasteiger charge is 2.33. The molecule has 2 nitrogen and oxygen atoms in total. The second-order valence-electron chi connectivity index (χ2n) is 4.27. The summed E-state index contributed by atoms with van der Waals surface area (Å²) in [7, 11) is 0. The highest BCUT2D eigenvalue weighted by Crippen LogP contribution is 2.29. The number of benzene rings is 1. The standard InChI is InChI=1S/C13H16N2/c1-11-4-6-12(7-5-11)13(10-14)8-2-3-9-15-13/h4-7,15H,2-3,8-9H2,1H3. The third kappa shape index (κ3) is 1.88. The summed E-state index contributed by atoms with van der Waals surface area (Å²) in [6.07, 6.45) is 3.23. The lowest BCUT2D eigenvalue weighted by molar-refractivity contribution is 0.330. The molecule has 78 valence electrons. The maximum absolute atomic E-state index is 9.35. The van der Waals surface area contributed by atoms with Crippen LogP contribution in [0.15, 0.2) is 24.3 Å². The third-order valence-corrected chi connectivity index (χ3v) is 3.14. The van der Waals surface area contributed by atoms with Crippen molar-refractivity contribution in [3.05, 3.63) is 35.4 Å². The molecule has 0 aliphatic carbocycles. The van der Waals surface area contributed by atoms with Crippen LogP contribution in [0.3, 0.4) is 0 Å². The minimum Gasteiger partial charge on any atom is -0.296 e. The van der Waals surface area contributed by atoms with Crippen LogP contribution in [0.2, 0.25) is 0 Å². The van der Waals surface area contributed by atoms with E-state index in [0.29, 0.717) is 0 Å². The minimum absolute atomic E-state index is 0.439. The quantitative estimate of drug-likeness (QED) is 0.756. The molecule has 0 spiro atoms. The van der Waals surface area contributed by atoms with Gasteiger partial charge in [0, 0.05) is 0 Å². The number of piperidine rings is 1. The molecular formula is C13H16N2. The lowest BCUT2D eigenvalue weighted by Crippen LogP contribution is -2.44. The summed E-state index contributed by atoms with van der Waals surface area (Å²) in [6.45, 7) is 3.01. The summed E-state index contributed by atoms with van der Waals surface area (Å²) in [5.74, 6) is 0. The largest absolute Gasteiger partial charge is 0.296 e. The maximum Gasteiger partial charge on any atom is 0.132 e. The van der Waals surface area contributed by atoms with E-state index in [2.05, 4.69) is 42.6 Å². The Kier molecular flexibility index (Phi) is 2.75. The van der Waals surface area contributed by atoms with Crippen molar-refractivity contribution in [2.75, 3.05) is 6.54 Å². The van der Waals surface area contributed by atoms with Gasteiger partial charge in [-0.1, -0.05) is 29.8 Å². The average molecular weight is 200 g/mol. The number of hydrogen-bond donors (Lipinski definition) is 1. The Morgan fingerprint density at radius 1 is 1.27 bits per heavy atom. The molecule has 2 heteroatoms. The van der Waals surface area contributed by atoms with Crippen molar-refractivity contribution in [3.8, 4) is 6.07 Å². The zero-order chi connectivity index (χ0) is 10.7. The molecule has 1 unspecified atom stereocenters. The Morgan fingerprint density at radius 3 is 2.53 bits per heavy atom. The minimum atomic E-state index is -0.439. The summed E-state index contributed by atoms with van der Waals surface area (Å²) in [5.41, 5.74) is 1.91. The smallest absolute Gasteiger partial charge is 0.132 e. The first-order chi connectivity index (χ1) is 7.27. The van der Waals surface area contributed by atoms with Crippen molar-refractivity contribution in [2.24, 2.45) is 0 Å². The Labute approximate surface area is 90.9 Å². The van der Waals surface area contributed by atoms with Crippen LogP contribution in [0.25, 0.3) is 0 Å². The van der Waals surface area contributed by atoms with E-state index in [1.165, 1.54) is 12.0 Å². The van der Waals surface area contributed by atoms with Crippen LogP contribution in [-0.4, -0.2) is 6.54 Å². The lowest BCUT2D eigenvalue weighted by Gasteiger charge is -2.32. The second-order valence-corrected chi connectivity index (χ2v) is 4.27. The number of hydrogen-bond acceptors (Lipinski definition) is 2. The van der Waals surface area contributed by atoms with Crippen molar-refractivity contribution in [1.29, 1.82) is 5.26 Å². The van der Waals surface area contributed by atoms with Crippen LogP contribution in [-0.2, 0) is 5.54 Å². The lowest BCUT2D eigenvalue weighted by atomic mass is 9.83. The molecule has 1 N–H and O–H groups in total. The van der Waals surface area contributed by atoms with Crippen LogP contribution >= 0.6 is 0 Å². The molecule has 1 aromatic rings. The second kappa shape index (κ2) is 4.04. The average Bonchev–Trinajstić information content (AvgIpc) is 2.31. The van der Waals surface area contributed by atoms with Gasteiger partial charge in [0.15, 0.2) is 0 Å². The first-order valence-corrected chi connectivity index (χ1v) is 5.50. The Morgan fingerprint density at radius 2 is 2.00 bits per heavy atom. The van der Waals surface area contributed by atoms with E-state index < -0.39 is 5.54 Å². The fourth-order valence-corrected chi connectivity index (χ4v) is 2.15. The molecule has 1 aliphatic heterocycles. The highest BCUT2D eigenvalue weighted by atomic mass is 15.0. The number of nitrogens with one attached hydrogen (secondary N) is 1. The van der Waals surface area contributed by atoms with E-state index in [9.17, 15) is 5.26 Å². The normalized spacial score (nSPS) is 25.9. The number of nitrogens with zero attached hydrogens (tertiary/aromatic N) is 1. The van der Waals surface area contributed by atoms with Gasteiger partial charge in [0.25, 0.3) is 0 Å². The van der Waals surface area contributed by atoms with E-state index >= 15 is 0 Å². The summed E-state index contributed by atoms with van der Waals surface area (Å²) in [5, 5.41) is 12.7. The summed E-state index contributed by atoms with van der Waals surface area (Å²) < 4.78 is 0. The van der Waals surface area contributed by atoms with E-state index in [4.69, 9.17) is 0 Å². The van der Waals surface area contributed by atoms with Crippen molar-refractivity contribution in [1.82, 2.24) is 5.32 Å². The van der Waals surface area contributed by atoms with Gasteiger partial charge in [-0.25, -0.2) is 0 Å². The van der Waals surface area contributed by atoms with Gasteiger partial charge in [0.05, 0.1) is 6.07 Å². The van der Waals surface area contributed by atoms with E-state index in [1.54, 1.807) is 0 Å². The van der Waals surface area contributed by atoms with Crippen molar-refractivity contribution >= 4 is 0 Å². The van der Waals surface area contributed by atoms with Crippen LogP contribution in [0, 0.1) is 18.3 Å². The summed E-state index contributed by atoms with van der Waals surface area (Å²) >= 11 is 0. The molecule has 15 heavy (non-hydrogen) atoms. The van der Waals surface area contributed by atoms with Gasteiger partial charge in [-0.2, -0.15) is 5.26 Å². The van der Waals surface area contributed by atoms with E-state index in [0.717, 1.165) is 24.9 Å². The van der Waals surface area contributed by atoms with E-state index in [1.807, 2.05) is 0 Å². The number of aryl methyl sites for hydroxylation is 1. The van der Waals surface area contributed by atoms with Gasteiger partial charge in [0.1, 0.15) is 5.54 Å². The molecule has 1 fully saturated rings. The zero-order valence-electron chi connectivity index (χ0n) is 9.09. The van der Waals surface area contributed by atoms with Crippen LogP contribution in [0.4, 0.5) is 0 Å². The molecule has 0 aromatic heterocycles. The monoisotopic (exact) mass is 200 g/mol. The predicted molar refractivity (Wildman–Crippen MR) is 60.3 cm³/mol. The molecule has 1 aliphatic rings. The first kappa shape index (κ1) is 10.2. The molecular weight excluding hydrogens is 184 g/mol. The van der Waals surface area contributed by atoms with Crippen LogP contribution < -0.4 is 5.32 Å². The molecule has 1 aromatic carbocycles. The fraction of sp³-hybridized carbons (Fsp3) is 0.462. The Hall–Kier alpha value is -1.33. The van der Waals surface area contributed by atoms with Gasteiger partial charge in [-0.05, 0) is 38.3 Å². The van der Waals surface area contributed by atoms with Crippen LogP contribution in [0.5, 0.6) is 0 Å². The van der Waals surface area contributed by atoms with Gasteiger partial charge in [0.2, 0.25) is 0 Å². The molecule has 0 amide bonds. The van der Waals surface area contributed by atoms with Crippen LogP contribution in [0.1, 0.15) is 30.4 Å². The summed E-state index contributed by atoms with van der Waals surface area (Å²) in [6, 6.07) is 10.7.